The molecular weight excluding hydrogens is 224 g/mol. The van der Waals surface area contributed by atoms with E-state index in [9.17, 15) is 5.21 Å². The van der Waals surface area contributed by atoms with Crippen molar-refractivity contribution in [1.29, 1.82) is 0 Å². The van der Waals surface area contributed by atoms with Gasteiger partial charge in [-0.2, -0.15) is 5.06 Å². The lowest BCUT2D eigenvalue weighted by molar-refractivity contribution is -0.919. The van der Waals surface area contributed by atoms with E-state index in [1.165, 1.54) is 10.6 Å². The SMILES string of the molecule is CC[N+](CC)(CC)CC1=CC(C)(C)N(O)C1(C)C. The van der Waals surface area contributed by atoms with E-state index >= 15 is 0 Å². The molecule has 3 nitrogen and oxygen atoms in total. The number of hydroxylamine groups is 2. The van der Waals surface area contributed by atoms with Crippen LogP contribution in [0.15, 0.2) is 11.6 Å². The second-order valence-electron chi connectivity index (χ2n) is 6.64. The maximum atomic E-state index is 10.3. The van der Waals surface area contributed by atoms with E-state index in [2.05, 4.69) is 54.5 Å². The van der Waals surface area contributed by atoms with Gasteiger partial charge in [0.1, 0.15) is 6.54 Å². The largest absolute Gasteiger partial charge is 0.321 e. The van der Waals surface area contributed by atoms with Crippen LogP contribution < -0.4 is 0 Å². The van der Waals surface area contributed by atoms with Crippen molar-refractivity contribution in [2.45, 2.75) is 59.5 Å². The average molecular weight is 255 g/mol. The van der Waals surface area contributed by atoms with Crippen molar-refractivity contribution < 1.29 is 9.69 Å². The normalized spacial score (nSPS) is 23.2. The molecule has 1 heterocycles. The summed E-state index contributed by atoms with van der Waals surface area (Å²) in [6.07, 6.45) is 2.25. The van der Waals surface area contributed by atoms with Crippen LogP contribution in [0.25, 0.3) is 0 Å². The fourth-order valence-corrected chi connectivity index (χ4v) is 3.13. The number of nitrogens with zero attached hydrogens (tertiary/aromatic N) is 2. The molecule has 1 N–H and O–H groups in total. The molecule has 1 aliphatic heterocycles. The Morgan fingerprint density at radius 2 is 1.50 bits per heavy atom. The first-order valence-electron chi connectivity index (χ1n) is 7.21. The van der Waals surface area contributed by atoms with E-state index < -0.39 is 0 Å². The third kappa shape index (κ3) is 2.49. The molecule has 0 radical (unpaired) electrons. The van der Waals surface area contributed by atoms with E-state index in [1.54, 1.807) is 0 Å². The van der Waals surface area contributed by atoms with Gasteiger partial charge >= 0.3 is 0 Å². The lowest BCUT2D eigenvalue weighted by Crippen LogP contribution is -2.53. The van der Waals surface area contributed by atoms with Crippen molar-refractivity contribution in [2.24, 2.45) is 0 Å². The van der Waals surface area contributed by atoms with Crippen molar-refractivity contribution in [2.75, 3.05) is 26.2 Å². The van der Waals surface area contributed by atoms with Crippen LogP contribution in [0.4, 0.5) is 0 Å². The van der Waals surface area contributed by atoms with Gasteiger partial charge in [-0.15, -0.1) is 0 Å². The summed E-state index contributed by atoms with van der Waals surface area (Å²) in [6, 6.07) is 0. The Morgan fingerprint density at radius 1 is 1.06 bits per heavy atom. The molecule has 0 aliphatic carbocycles. The topological polar surface area (TPSA) is 23.5 Å². The molecule has 0 saturated heterocycles. The molecule has 1 rings (SSSR count). The predicted octanol–water partition coefficient (Wildman–Crippen LogP) is 3.05. The lowest BCUT2D eigenvalue weighted by Gasteiger charge is -2.41. The summed E-state index contributed by atoms with van der Waals surface area (Å²) in [5, 5.41) is 11.8. The zero-order valence-electron chi connectivity index (χ0n) is 13.2. The zero-order chi connectivity index (χ0) is 14.2. The molecule has 0 amide bonds. The second-order valence-corrected chi connectivity index (χ2v) is 6.64. The highest BCUT2D eigenvalue weighted by Gasteiger charge is 2.47. The molecule has 0 unspecified atom stereocenters. The molecule has 106 valence electrons. The number of quaternary nitrogens is 1. The summed E-state index contributed by atoms with van der Waals surface area (Å²) in [5.41, 5.74) is 0.844. The van der Waals surface area contributed by atoms with E-state index in [1.807, 2.05) is 0 Å². The van der Waals surface area contributed by atoms with Gasteiger partial charge in [0.05, 0.1) is 30.7 Å². The van der Waals surface area contributed by atoms with E-state index in [0.717, 1.165) is 30.7 Å². The first kappa shape index (κ1) is 15.7. The Kier molecular flexibility index (Phi) is 4.31. The molecule has 1 aliphatic rings. The van der Waals surface area contributed by atoms with E-state index in [0.29, 0.717) is 0 Å². The van der Waals surface area contributed by atoms with Gasteiger partial charge in [-0.3, -0.25) is 0 Å². The quantitative estimate of drug-likeness (QED) is 0.603. The minimum atomic E-state index is -0.260. The highest BCUT2D eigenvalue weighted by atomic mass is 16.5. The van der Waals surface area contributed by atoms with Crippen molar-refractivity contribution in [3.05, 3.63) is 11.6 Å². The van der Waals surface area contributed by atoms with Gasteiger partial charge in [-0.05, 0) is 48.5 Å². The first-order chi connectivity index (χ1) is 8.15. The zero-order valence-corrected chi connectivity index (χ0v) is 13.2. The van der Waals surface area contributed by atoms with Crippen molar-refractivity contribution in [3.63, 3.8) is 0 Å². The van der Waals surface area contributed by atoms with Gasteiger partial charge in [0, 0.05) is 5.57 Å². The van der Waals surface area contributed by atoms with Crippen LogP contribution in [-0.2, 0) is 0 Å². The maximum absolute atomic E-state index is 10.3. The molecule has 0 atom stereocenters. The summed E-state index contributed by atoms with van der Waals surface area (Å²) >= 11 is 0. The monoisotopic (exact) mass is 255 g/mol. The third-order valence-corrected chi connectivity index (χ3v) is 4.91. The molecular formula is C15H31N2O+. The Morgan fingerprint density at radius 3 is 1.78 bits per heavy atom. The van der Waals surface area contributed by atoms with Crippen LogP contribution in [0, 0.1) is 0 Å². The summed E-state index contributed by atoms with van der Waals surface area (Å²) in [7, 11) is 0. The molecule has 18 heavy (non-hydrogen) atoms. The molecule has 0 spiro atoms. The number of hydrogen-bond donors (Lipinski definition) is 1. The standard InChI is InChI=1S/C15H31N2O/c1-8-17(9-2,10-3)12-13-11-14(4,5)16(18)15(13,6)7/h11,18H,8-10,12H2,1-7H3/q+1. The Balaban J connectivity index is 3.04. The Hall–Kier alpha value is -0.380. The number of rotatable bonds is 5. The minimum absolute atomic E-state index is 0.257. The summed E-state index contributed by atoms with van der Waals surface area (Å²) < 4.78 is 1.10. The van der Waals surface area contributed by atoms with Gasteiger partial charge in [0.15, 0.2) is 0 Å². The molecule has 0 aromatic rings. The highest BCUT2D eigenvalue weighted by Crippen LogP contribution is 2.39. The van der Waals surface area contributed by atoms with Crippen LogP contribution in [0.5, 0.6) is 0 Å². The van der Waals surface area contributed by atoms with Gasteiger partial charge < -0.3 is 9.69 Å². The molecule has 0 aromatic carbocycles. The van der Waals surface area contributed by atoms with Gasteiger partial charge in [0.2, 0.25) is 0 Å². The van der Waals surface area contributed by atoms with E-state index in [4.69, 9.17) is 0 Å². The minimum Gasteiger partial charge on any atom is -0.321 e. The van der Waals surface area contributed by atoms with Crippen molar-refractivity contribution in [3.8, 4) is 0 Å². The van der Waals surface area contributed by atoms with Crippen molar-refractivity contribution in [1.82, 2.24) is 5.06 Å². The predicted molar refractivity (Wildman–Crippen MR) is 76.6 cm³/mol. The highest BCUT2D eigenvalue weighted by molar-refractivity contribution is 5.30. The van der Waals surface area contributed by atoms with Gasteiger partial charge in [-0.1, -0.05) is 6.08 Å². The van der Waals surface area contributed by atoms with Crippen LogP contribution >= 0.6 is 0 Å². The lowest BCUT2D eigenvalue weighted by atomic mass is 9.95. The van der Waals surface area contributed by atoms with Crippen LogP contribution in [0.2, 0.25) is 0 Å². The summed E-state index contributed by atoms with van der Waals surface area (Å²) in [6.45, 7) is 19.6. The molecule has 0 saturated carbocycles. The fraction of sp³-hybridized carbons (Fsp3) is 0.867. The molecule has 0 fully saturated rings. The van der Waals surface area contributed by atoms with Gasteiger partial charge in [-0.25, -0.2) is 0 Å². The summed E-state index contributed by atoms with van der Waals surface area (Å²) in [5.74, 6) is 0. The molecule has 0 aromatic heterocycles. The van der Waals surface area contributed by atoms with Crippen LogP contribution in [0.1, 0.15) is 48.5 Å². The number of likely N-dealkylation sites (N-methyl/N-ethyl adjacent to an activating group) is 1. The van der Waals surface area contributed by atoms with E-state index in [-0.39, 0.29) is 11.1 Å². The first-order valence-corrected chi connectivity index (χ1v) is 7.21. The van der Waals surface area contributed by atoms with Gasteiger partial charge in [0.25, 0.3) is 0 Å². The smallest absolute Gasteiger partial charge is 0.102 e. The van der Waals surface area contributed by atoms with Crippen LogP contribution in [0.3, 0.4) is 0 Å². The van der Waals surface area contributed by atoms with Crippen LogP contribution in [-0.4, -0.2) is 52.0 Å². The average Bonchev–Trinajstić information content (AvgIpc) is 2.47. The Labute approximate surface area is 113 Å². The third-order valence-electron chi connectivity index (χ3n) is 4.91. The molecule has 3 heteroatoms. The summed E-state index contributed by atoms with van der Waals surface area (Å²) in [4.78, 5) is 0. The molecule has 0 bridgehead atoms. The Bertz CT molecular complexity index is 319. The maximum Gasteiger partial charge on any atom is 0.102 e. The van der Waals surface area contributed by atoms with Crippen molar-refractivity contribution >= 4 is 0 Å². The second kappa shape index (κ2) is 4.95. The number of hydrogen-bond acceptors (Lipinski definition) is 2. The fourth-order valence-electron chi connectivity index (χ4n) is 3.13.